The average Bonchev–Trinajstić information content (AvgIpc) is 3.28. The molecule has 0 aliphatic rings. The Morgan fingerprint density at radius 2 is 1.85 bits per heavy atom. The van der Waals surface area contributed by atoms with E-state index < -0.39 is 5.97 Å². The second-order valence-electron chi connectivity index (χ2n) is 5.65. The highest BCUT2D eigenvalue weighted by atomic mass is 35.5. The molecule has 1 amide bonds. The third kappa shape index (κ3) is 3.44. The molecule has 5 nitrogen and oxygen atoms in total. The monoisotopic (exact) mass is 414 g/mol. The summed E-state index contributed by atoms with van der Waals surface area (Å²) in [6, 6.07) is 12.1. The van der Waals surface area contributed by atoms with Crippen LogP contribution in [0.3, 0.4) is 0 Å². The van der Waals surface area contributed by atoms with Gasteiger partial charge in [0.25, 0.3) is 5.91 Å². The smallest absolute Gasteiger partial charge is 0.339 e. The lowest BCUT2D eigenvalue weighted by atomic mass is 10.0. The highest BCUT2D eigenvalue weighted by Gasteiger charge is 2.21. The van der Waals surface area contributed by atoms with E-state index in [0.29, 0.717) is 21.2 Å². The number of rotatable bonds is 4. The maximum Gasteiger partial charge on any atom is 0.339 e. The SMILES string of the molecule is O=C(Nc1scc(-c2ccc(Cl)cc2)c1C(=O)O)c1ccc2ncsc2c1. The van der Waals surface area contributed by atoms with Crippen molar-refractivity contribution in [1.29, 1.82) is 0 Å². The van der Waals surface area contributed by atoms with Crippen molar-refractivity contribution in [3.05, 3.63) is 69.5 Å². The van der Waals surface area contributed by atoms with E-state index in [2.05, 4.69) is 10.3 Å². The quantitative estimate of drug-likeness (QED) is 0.453. The van der Waals surface area contributed by atoms with Crippen LogP contribution in [0.4, 0.5) is 5.00 Å². The van der Waals surface area contributed by atoms with Crippen LogP contribution in [0.15, 0.2) is 53.4 Å². The van der Waals surface area contributed by atoms with Crippen molar-refractivity contribution >= 4 is 61.4 Å². The zero-order chi connectivity index (χ0) is 19.0. The Bertz CT molecular complexity index is 1170. The molecule has 0 aliphatic heterocycles. The van der Waals surface area contributed by atoms with E-state index in [1.807, 2.05) is 0 Å². The molecule has 0 spiro atoms. The lowest BCUT2D eigenvalue weighted by molar-refractivity contribution is 0.0699. The topological polar surface area (TPSA) is 79.3 Å². The molecule has 0 unspecified atom stereocenters. The molecule has 4 rings (SSSR count). The summed E-state index contributed by atoms with van der Waals surface area (Å²) in [5, 5.41) is 15.0. The van der Waals surface area contributed by atoms with Crippen molar-refractivity contribution in [2.45, 2.75) is 0 Å². The maximum absolute atomic E-state index is 12.6. The minimum atomic E-state index is -1.10. The van der Waals surface area contributed by atoms with E-state index >= 15 is 0 Å². The summed E-state index contributed by atoms with van der Waals surface area (Å²) in [4.78, 5) is 28.6. The molecule has 0 aliphatic carbocycles. The van der Waals surface area contributed by atoms with Gasteiger partial charge in [0.1, 0.15) is 10.6 Å². The fourth-order valence-electron chi connectivity index (χ4n) is 2.68. The van der Waals surface area contributed by atoms with Crippen LogP contribution < -0.4 is 5.32 Å². The van der Waals surface area contributed by atoms with Crippen molar-refractivity contribution in [2.24, 2.45) is 0 Å². The number of anilines is 1. The van der Waals surface area contributed by atoms with Crippen LogP contribution in [-0.2, 0) is 0 Å². The van der Waals surface area contributed by atoms with Gasteiger partial charge >= 0.3 is 5.97 Å². The third-order valence-electron chi connectivity index (χ3n) is 3.98. The largest absolute Gasteiger partial charge is 0.478 e. The number of nitrogens with zero attached hydrogens (tertiary/aromatic N) is 1. The Kier molecular flexibility index (Phi) is 4.65. The summed E-state index contributed by atoms with van der Waals surface area (Å²) in [6.07, 6.45) is 0. The lowest BCUT2D eigenvalue weighted by Crippen LogP contribution is -2.13. The van der Waals surface area contributed by atoms with Crippen molar-refractivity contribution < 1.29 is 14.7 Å². The highest BCUT2D eigenvalue weighted by molar-refractivity contribution is 7.16. The first-order valence-corrected chi connectivity index (χ1v) is 9.92. The number of carbonyl (C=O) groups is 2. The number of aromatic nitrogens is 1. The van der Waals surface area contributed by atoms with Gasteiger partial charge < -0.3 is 10.4 Å². The molecule has 0 saturated carbocycles. The summed E-state index contributed by atoms with van der Waals surface area (Å²) in [7, 11) is 0. The molecule has 8 heteroatoms. The number of nitrogens with one attached hydrogen (secondary N) is 1. The summed E-state index contributed by atoms with van der Waals surface area (Å²) < 4.78 is 0.897. The normalized spacial score (nSPS) is 10.9. The standard InChI is InChI=1S/C19H11ClN2O3S2/c20-12-4-1-10(2-5-12)13-8-26-18(16(13)19(24)25)22-17(23)11-3-6-14-15(7-11)27-9-21-14/h1-9H,(H,22,23)(H,24,25). The second kappa shape index (κ2) is 7.11. The van der Waals surface area contributed by atoms with Crippen LogP contribution in [0.25, 0.3) is 21.3 Å². The third-order valence-corrected chi connectivity index (χ3v) is 5.92. The predicted molar refractivity (Wildman–Crippen MR) is 109 cm³/mol. The molecular formula is C19H11ClN2O3S2. The molecule has 134 valence electrons. The Labute approximate surface area is 166 Å². The van der Waals surface area contributed by atoms with Gasteiger partial charge in [-0.3, -0.25) is 4.79 Å². The number of benzene rings is 2. The van der Waals surface area contributed by atoms with Gasteiger partial charge in [-0.05, 0) is 35.9 Å². The van der Waals surface area contributed by atoms with E-state index in [9.17, 15) is 14.7 Å². The van der Waals surface area contributed by atoms with Gasteiger partial charge in [0, 0.05) is 21.5 Å². The number of aromatic carboxylic acids is 1. The number of carboxylic acids is 1. The average molecular weight is 415 g/mol. The van der Waals surface area contributed by atoms with Crippen molar-refractivity contribution in [3.63, 3.8) is 0 Å². The fourth-order valence-corrected chi connectivity index (χ4v) is 4.47. The number of thiazole rings is 1. The number of hydrogen-bond acceptors (Lipinski definition) is 5. The molecule has 27 heavy (non-hydrogen) atoms. The van der Waals surface area contributed by atoms with E-state index in [1.165, 1.54) is 22.7 Å². The lowest BCUT2D eigenvalue weighted by Gasteiger charge is -2.06. The number of thiophene rings is 1. The fraction of sp³-hybridized carbons (Fsp3) is 0. The van der Waals surface area contributed by atoms with Gasteiger partial charge in [-0.1, -0.05) is 23.7 Å². The molecule has 0 fully saturated rings. The first-order valence-electron chi connectivity index (χ1n) is 7.78. The first kappa shape index (κ1) is 17.7. The van der Waals surface area contributed by atoms with Crippen molar-refractivity contribution in [3.8, 4) is 11.1 Å². The van der Waals surface area contributed by atoms with Crippen LogP contribution in [-0.4, -0.2) is 22.0 Å². The van der Waals surface area contributed by atoms with E-state index in [0.717, 1.165) is 15.8 Å². The predicted octanol–water partition coefficient (Wildman–Crippen LogP) is 5.63. The van der Waals surface area contributed by atoms with Gasteiger partial charge in [-0.25, -0.2) is 9.78 Å². The van der Waals surface area contributed by atoms with Crippen molar-refractivity contribution in [1.82, 2.24) is 4.98 Å². The number of hydrogen-bond donors (Lipinski definition) is 2. The zero-order valence-corrected chi connectivity index (χ0v) is 16.0. The van der Waals surface area contributed by atoms with Crippen LogP contribution in [0.5, 0.6) is 0 Å². The highest BCUT2D eigenvalue weighted by Crippen LogP contribution is 2.36. The summed E-state index contributed by atoms with van der Waals surface area (Å²) in [6.45, 7) is 0. The van der Waals surface area contributed by atoms with Gasteiger partial charge in [-0.15, -0.1) is 22.7 Å². The summed E-state index contributed by atoms with van der Waals surface area (Å²) >= 11 is 8.52. The number of amides is 1. The molecule has 2 heterocycles. The molecule has 2 aromatic heterocycles. The summed E-state index contributed by atoms with van der Waals surface area (Å²) in [5.74, 6) is -1.47. The summed E-state index contributed by atoms with van der Waals surface area (Å²) in [5.41, 5.74) is 4.31. The first-order chi connectivity index (χ1) is 13.0. The number of carbonyl (C=O) groups excluding carboxylic acids is 1. The maximum atomic E-state index is 12.6. The molecule has 0 saturated heterocycles. The number of carboxylic acid groups (broad SMARTS) is 1. The Hall–Kier alpha value is -2.74. The van der Waals surface area contributed by atoms with Crippen LogP contribution in [0, 0.1) is 0 Å². The molecule has 0 bridgehead atoms. The van der Waals surface area contributed by atoms with Gasteiger partial charge in [-0.2, -0.15) is 0 Å². The minimum Gasteiger partial charge on any atom is -0.478 e. The van der Waals surface area contributed by atoms with E-state index in [4.69, 9.17) is 11.6 Å². The Morgan fingerprint density at radius 1 is 1.07 bits per heavy atom. The van der Waals surface area contributed by atoms with Crippen LogP contribution in [0.2, 0.25) is 5.02 Å². The Balaban J connectivity index is 1.68. The molecule has 2 N–H and O–H groups in total. The number of fused-ring (bicyclic) bond motifs is 1. The van der Waals surface area contributed by atoms with Crippen molar-refractivity contribution in [2.75, 3.05) is 5.32 Å². The van der Waals surface area contributed by atoms with Gasteiger partial charge in [0.2, 0.25) is 0 Å². The second-order valence-corrected chi connectivity index (χ2v) is 7.86. The van der Waals surface area contributed by atoms with Crippen LogP contribution in [0.1, 0.15) is 20.7 Å². The molecular weight excluding hydrogens is 404 g/mol. The zero-order valence-electron chi connectivity index (χ0n) is 13.6. The van der Waals surface area contributed by atoms with E-state index in [-0.39, 0.29) is 11.5 Å². The molecule has 2 aromatic carbocycles. The van der Waals surface area contributed by atoms with Gasteiger partial charge in [0.05, 0.1) is 15.7 Å². The Morgan fingerprint density at radius 3 is 2.59 bits per heavy atom. The number of halogens is 1. The molecule has 0 radical (unpaired) electrons. The minimum absolute atomic E-state index is 0.0644. The van der Waals surface area contributed by atoms with Gasteiger partial charge in [0.15, 0.2) is 0 Å². The van der Waals surface area contributed by atoms with E-state index in [1.54, 1.807) is 53.4 Å². The molecule has 4 aromatic rings. The van der Waals surface area contributed by atoms with Crippen LogP contribution >= 0.6 is 34.3 Å². The molecule has 0 atom stereocenters.